The minimum absolute atomic E-state index is 1.15. The maximum absolute atomic E-state index is 2.47. The second kappa shape index (κ2) is 14.2. The van der Waals surface area contributed by atoms with Crippen molar-refractivity contribution in [1.82, 2.24) is 0 Å². The molecule has 9 aromatic carbocycles. The average Bonchev–Trinajstić information content (AvgIpc) is 3.26. The third-order valence-corrected chi connectivity index (χ3v) is 15.2. The van der Waals surface area contributed by atoms with Crippen molar-refractivity contribution in [3.63, 3.8) is 0 Å². The van der Waals surface area contributed by atoms with Crippen LogP contribution >= 0.6 is 23.5 Å². The fourth-order valence-electron chi connectivity index (χ4n) is 9.43. The first kappa shape index (κ1) is 36.8. The third kappa shape index (κ3) is 5.80. The second-order valence-electron chi connectivity index (χ2n) is 16.4. The molecule has 0 saturated heterocycles. The topological polar surface area (TPSA) is 6.48 Å². The molecule has 9 aromatic rings. The minimum Gasteiger partial charge on any atom is -0.308 e. The zero-order valence-corrected chi connectivity index (χ0v) is 36.4. The third-order valence-electron chi connectivity index (χ3n) is 12.9. The molecule has 0 bridgehead atoms. The summed E-state index contributed by atoms with van der Waals surface area (Å²) in [7, 11) is 0. The number of para-hydroxylation sites is 4. The summed E-state index contributed by atoms with van der Waals surface area (Å²) in [6, 6.07) is 59.4. The van der Waals surface area contributed by atoms with Crippen LogP contribution in [0, 0.1) is 41.5 Å². The molecule has 0 aliphatic carbocycles. The van der Waals surface area contributed by atoms with Gasteiger partial charge < -0.3 is 9.80 Å². The first-order valence-corrected chi connectivity index (χ1v) is 22.4. The fraction of sp³-hybridized carbons (Fsp3) is 0.107. The molecular formula is C56H44N2S2. The van der Waals surface area contributed by atoms with Crippen LogP contribution in [0.3, 0.4) is 0 Å². The summed E-state index contributed by atoms with van der Waals surface area (Å²) in [5.74, 6) is 0. The maximum atomic E-state index is 2.47. The van der Waals surface area contributed by atoms with E-state index in [0.717, 1.165) is 11.4 Å². The van der Waals surface area contributed by atoms with Gasteiger partial charge in [0.25, 0.3) is 0 Å². The van der Waals surface area contributed by atoms with Gasteiger partial charge in [0.15, 0.2) is 0 Å². The van der Waals surface area contributed by atoms with Gasteiger partial charge in [-0.15, -0.1) is 0 Å². The number of aryl methyl sites for hydroxylation is 4. The minimum atomic E-state index is 1.15. The number of rotatable bonds is 4. The lowest BCUT2D eigenvalue weighted by atomic mass is 9.83. The Morgan fingerprint density at radius 1 is 0.317 bits per heavy atom. The first-order chi connectivity index (χ1) is 29.2. The Kier molecular flexibility index (Phi) is 8.74. The lowest BCUT2D eigenvalue weighted by molar-refractivity contribution is 1.17. The normalized spacial score (nSPS) is 13.0. The Morgan fingerprint density at radius 2 is 0.617 bits per heavy atom. The van der Waals surface area contributed by atoms with Crippen LogP contribution in [0.1, 0.15) is 33.4 Å². The summed E-state index contributed by atoms with van der Waals surface area (Å²) in [5, 5.41) is 5.00. The molecule has 0 N–H and O–H groups in total. The van der Waals surface area contributed by atoms with Gasteiger partial charge in [0.05, 0.1) is 22.7 Å². The van der Waals surface area contributed by atoms with Crippen molar-refractivity contribution in [2.75, 3.05) is 9.80 Å². The Labute approximate surface area is 361 Å². The molecule has 0 atom stereocenters. The predicted molar refractivity (Wildman–Crippen MR) is 258 cm³/mol. The molecule has 2 aliphatic rings. The number of hydrogen-bond donors (Lipinski definition) is 0. The molecule has 0 spiro atoms. The van der Waals surface area contributed by atoms with Gasteiger partial charge in [-0.05, 0) is 192 Å². The summed E-state index contributed by atoms with van der Waals surface area (Å²) < 4.78 is 0. The molecule has 2 aliphatic heterocycles. The standard InChI is InChI=1S/C56H44N2S2/c1-33-27-39(28-34(2)37(33)5)55-43-25-23-42(58-49-17-9-13-21-53(49)60-54-22-14-10-18-50(54)58)32-46(43)56(40-29-35(3)38(6)36(4)30-40)44-26-24-41(31-45(44)55)57-47-15-7-11-19-51(47)59-52-20-12-8-16-48(52)57/h7-32H,1-6H3. The summed E-state index contributed by atoms with van der Waals surface area (Å²) in [6.07, 6.45) is 0. The highest BCUT2D eigenvalue weighted by molar-refractivity contribution is 8.00. The monoisotopic (exact) mass is 808 g/mol. The Bertz CT molecular complexity index is 2900. The van der Waals surface area contributed by atoms with Crippen molar-refractivity contribution in [3.8, 4) is 22.3 Å². The zero-order valence-electron chi connectivity index (χ0n) is 34.7. The van der Waals surface area contributed by atoms with Crippen molar-refractivity contribution < 1.29 is 0 Å². The van der Waals surface area contributed by atoms with Crippen molar-refractivity contribution in [3.05, 3.63) is 191 Å². The van der Waals surface area contributed by atoms with E-state index in [0.29, 0.717) is 0 Å². The molecule has 0 fully saturated rings. The Morgan fingerprint density at radius 3 is 0.933 bits per heavy atom. The number of benzene rings is 9. The molecule has 11 rings (SSSR count). The van der Waals surface area contributed by atoms with Gasteiger partial charge in [-0.3, -0.25) is 0 Å². The van der Waals surface area contributed by atoms with Gasteiger partial charge in [0.2, 0.25) is 0 Å². The van der Waals surface area contributed by atoms with Gasteiger partial charge in [0, 0.05) is 31.0 Å². The highest BCUT2D eigenvalue weighted by atomic mass is 32.2. The Balaban J connectivity index is 1.27. The van der Waals surface area contributed by atoms with Crippen LogP contribution in [0.4, 0.5) is 34.1 Å². The number of fused-ring (bicyclic) bond motifs is 6. The predicted octanol–water partition coefficient (Wildman–Crippen LogP) is 17.0. The van der Waals surface area contributed by atoms with Crippen molar-refractivity contribution in [2.45, 2.75) is 61.1 Å². The second-order valence-corrected chi connectivity index (χ2v) is 18.6. The average molecular weight is 809 g/mol. The van der Waals surface area contributed by atoms with Crippen LogP contribution in [0.5, 0.6) is 0 Å². The van der Waals surface area contributed by atoms with Gasteiger partial charge in [-0.25, -0.2) is 0 Å². The van der Waals surface area contributed by atoms with Crippen molar-refractivity contribution in [1.29, 1.82) is 0 Å². The summed E-state index contributed by atoms with van der Waals surface area (Å²) in [5.41, 5.74) is 20.1. The van der Waals surface area contributed by atoms with E-state index in [2.05, 4.69) is 209 Å². The van der Waals surface area contributed by atoms with Crippen LogP contribution < -0.4 is 9.80 Å². The van der Waals surface area contributed by atoms with Crippen LogP contribution in [0.15, 0.2) is 177 Å². The van der Waals surface area contributed by atoms with E-state index >= 15 is 0 Å². The quantitative estimate of drug-likeness (QED) is 0.163. The SMILES string of the molecule is Cc1cc(-c2c3ccc(N4c5ccccc5Sc5ccccc54)cc3c(-c3cc(C)c(C)c(C)c3)c3ccc(N4c5ccccc5Sc5ccccc54)cc23)cc(C)c1C. The van der Waals surface area contributed by atoms with E-state index in [1.54, 1.807) is 0 Å². The highest BCUT2D eigenvalue weighted by Gasteiger charge is 2.28. The molecule has 0 radical (unpaired) electrons. The smallest absolute Gasteiger partial charge is 0.0601 e. The summed E-state index contributed by atoms with van der Waals surface area (Å²) in [6.45, 7) is 13.5. The van der Waals surface area contributed by atoms with Crippen LogP contribution in [0.25, 0.3) is 43.8 Å². The van der Waals surface area contributed by atoms with Gasteiger partial charge in [0.1, 0.15) is 0 Å². The summed E-state index contributed by atoms with van der Waals surface area (Å²) in [4.78, 5) is 9.98. The molecule has 0 saturated carbocycles. The van der Waals surface area contributed by atoms with E-state index in [-0.39, 0.29) is 0 Å². The maximum Gasteiger partial charge on any atom is 0.0601 e. The molecule has 2 nitrogen and oxygen atoms in total. The van der Waals surface area contributed by atoms with E-state index in [1.165, 1.54) is 120 Å². The molecular weight excluding hydrogens is 765 g/mol. The van der Waals surface area contributed by atoms with Crippen LogP contribution in [-0.2, 0) is 0 Å². The van der Waals surface area contributed by atoms with Gasteiger partial charge >= 0.3 is 0 Å². The Hall–Kier alpha value is -6.20. The molecule has 0 unspecified atom stereocenters. The molecule has 2 heterocycles. The molecule has 60 heavy (non-hydrogen) atoms. The van der Waals surface area contributed by atoms with Gasteiger partial charge in [-0.1, -0.05) is 108 Å². The van der Waals surface area contributed by atoms with Crippen molar-refractivity contribution in [2.24, 2.45) is 0 Å². The van der Waals surface area contributed by atoms with Crippen LogP contribution in [-0.4, -0.2) is 0 Å². The van der Waals surface area contributed by atoms with Crippen molar-refractivity contribution >= 4 is 79.2 Å². The molecule has 0 amide bonds. The number of anilines is 6. The molecule has 0 aromatic heterocycles. The van der Waals surface area contributed by atoms with E-state index < -0.39 is 0 Å². The van der Waals surface area contributed by atoms with E-state index in [1.807, 2.05) is 23.5 Å². The zero-order chi connectivity index (χ0) is 40.8. The first-order valence-electron chi connectivity index (χ1n) is 20.8. The molecule has 290 valence electrons. The lowest BCUT2D eigenvalue weighted by Gasteiger charge is -2.34. The number of hydrogen-bond acceptors (Lipinski definition) is 4. The highest BCUT2D eigenvalue weighted by Crippen LogP contribution is 2.55. The molecule has 4 heteroatoms. The largest absolute Gasteiger partial charge is 0.308 e. The van der Waals surface area contributed by atoms with E-state index in [4.69, 9.17) is 0 Å². The van der Waals surface area contributed by atoms with Gasteiger partial charge in [-0.2, -0.15) is 0 Å². The number of nitrogens with zero attached hydrogens (tertiary/aromatic N) is 2. The van der Waals surface area contributed by atoms with Crippen LogP contribution in [0.2, 0.25) is 0 Å². The fourth-order valence-corrected chi connectivity index (χ4v) is 11.5. The summed E-state index contributed by atoms with van der Waals surface area (Å²) >= 11 is 3.70. The van der Waals surface area contributed by atoms with E-state index in [9.17, 15) is 0 Å². The lowest BCUT2D eigenvalue weighted by Crippen LogP contribution is -2.15.